The number of carboxylic acid groups (broad SMARTS) is 1. The number of carbonyl (C=O) groups is 2. The van der Waals surface area contributed by atoms with E-state index in [9.17, 15) is 9.59 Å². The third-order valence-electron chi connectivity index (χ3n) is 3.94. The largest absolute Gasteiger partial charge is 0.481 e. The lowest BCUT2D eigenvalue weighted by molar-refractivity contribution is -0.138. The zero-order valence-corrected chi connectivity index (χ0v) is 12.0. The van der Waals surface area contributed by atoms with Crippen LogP contribution in [0.25, 0.3) is 0 Å². The first-order chi connectivity index (χ1) is 9.32. The van der Waals surface area contributed by atoms with Gasteiger partial charge in [0, 0.05) is 12.0 Å². The minimum atomic E-state index is -0.947. The van der Waals surface area contributed by atoms with Crippen molar-refractivity contribution in [2.75, 3.05) is 0 Å². The third kappa shape index (κ3) is 3.18. The lowest BCUT2D eigenvalue weighted by Crippen LogP contribution is -2.51. The van der Waals surface area contributed by atoms with Crippen molar-refractivity contribution < 1.29 is 19.2 Å². The number of carboxylic acids is 1. The highest BCUT2D eigenvalue weighted by Gasteiger charge is 2.35. The summed E-state index contributed by atoms with van der Waals surface area (Å²) < 4.78 is 5.05. The number of hydrogen-bond acceptors (Lipinski definition) is 4. The molecule has 2 N–H and O–H groups in total. The molecular weight excluding hydrogens is 260 g/mol. The lowest BCUT2D eigenvalue weighted by Gasteiger charge is -2.32. The first kappa shape index (κ1) is 14.6. The monoisotopic (exact) mass is 280 g/mol. The van der Waals surface area contributed by atoms with E-state index in [1.54, 1.807) is 13.0 Å². The average molecular weight is 280 g/mol. The molecule has 6 heteroatoms. The maximum absolute atomic E-state index is 12.2. The molecule has 2 rings (SSSR count). The maximum Gasteiger partial charge on any atom is 0.305 e. The van der Waals surface area contributed by atoms with Crippen LogP contribution in [0, 0.1) is 5.92 Å². The Balaban J connectivity index is 2.08. The van der Waals surface area contributed by atoms with Crippen molar-refractivity contribution in [1.82, 2.24) is 10.5 Å². The van der Waals surface area contributed by atoms with Crippen LogP contribution >= 0.6 is 0 Å². The molecule has 0 aliphatic heterocycles. The summed E-state index contributed by atoms with van der Waals surface area (Å²) >= 11 is 0. The van der Waals surface area contributed by atoms with Crippen LogP contribution in [0.15, 0.2) is 10.6 Å². The van der Waals surface area contributed by atoms with Gasteiger partial charge >= 0.3 is 5.97 Å². The average Bonchev–Trinajstić information content (AvgIpc) is 3.05. The van der Waals surface area contributed by atoms with E-state index in [1.807, 2.05) is 13.8 Å². The van der Waals surface area contributed by atoms with Gasteiger partial charge in [-0.1, -0.05) is 19.0 Å². The van der Waals surface area contributed by atoms with Crippen LogP contribution in [-0.4, -0.2) is 27.7 Å². The van der Waals surface area contributed by atoms with Crippen LogP contribution in [0.3, 0.4) is 0 Å². The summed E-state index contributed by atoms with van der Waals surface area (Å²) in [6.07, 6.45) is 2.02. The molecule has 1 amide bonds. The summed E-state index contributed by atoms with van der Waals surface area (Å²) in [6.45, 7) is 5.47. The van der Waals surface area contributed by atoms with Crippen molar-refractivity contribution >= 4 is 11.9 Å². The molecule has 0 bridgehead atoms. The molecule has 1 aromatic heterocycles. The predicted octanol–water partition coefficient (Wildman–Crippen LogP) is 2.17. The van der Waals surface area contributed by atoms with Gasteiger partial charge in [-0.25, -0.2) is 0 Å². The summed E-state index contributed by atoms with van der Waals surface area (Å²) in [5.74, 6) is -0.826. The molecule has 1 unspecified atom stereocenters. The number of nitrogens with one attached hydrogen (secondary N) is 1. The number of amides is 1. The Hall–Kier alpha value is -1.85. The van der Waals surface area contributed by atoms with Gasteiger partial charge in [0.05, 0.1) is 17.7 Å². The van der Waals surface area contributed by atoms with E-state index in [-0.39, 0.29) is 18.1 Å². The van der Waals surface area contributed by atoms with Gasteiger partial charge < -0.3 is 14.9 Å². The molecule has 1 atom stereocenters. The van der Waals surface area contributed by atoms with E-state index < -0.39 is 17.4 Å². The van der Waals surface area contributed by atoms with Crippen LogP contribution in [0.5, 0.6) is 0 Å². The molecule has 1 saturated carbocycles. The molecule has 1 heterocycles. The van der Waals surface area contributed by atoms with Crippen molar-refractivity contribution in [3.05, 3.63) is 17.5 Å². The third-order valence-corrected chi connectivity index (χ3v) is 3.94. The number of carbonyl (C=O) groups excluding carboxylic acids is 1. The zero-order chi connectivity index (χ0) is 14.9. The topological polar surface area (TPSA) is 92.4 Å². The summed E-state index contributed by atoms with van der Waals surface area (Å²) in [5, 5.41) is 15.6. The van der Waals surface area contributed by atoms with Crippen LogP contribution in [-0.2, 0) is 4.79 Å². The molecule has 0 radical (unpaired) electrons. The first-order valence-electron chi connectivity index (χ1n) is 6.83. The van der Waals surface area contributed by atoms with Gasteiger partial charge in [0.25, 0.3) is 5.91 Å². The van der Waals surface area contributed by atoms with E-state index in [0.717, 1.165) is 18.5 Å². The van der Waals surface area contributed by atoms with Crippen LogP contribution < -0.4 is 5.32 Å². The fourth-order valence-corrected chi connectivity index (χ4v) is 2.00. The highest BCUT2D eigenvalue weighted by atomic mass is 16.5. The van der Waals surface area contributed by atoms with Crippen LogP contribution in [0.1, 0.15) is 62.2 Å². The smallest absolute Gasteiger partial charge is 0.305 e. The first-order valence-corrected chi connectivity index (χ1v) is 6.83. The van der Waals surface area contributed by atoms with E-state index in [4.69, 9.17) is 9.63 Å². The van der Waals surface area contributed by atoms with Gasteiger partial charge in [-0.05, 0) is 25.7 Å². The van der Waals surface area contributed by atoms with E-state index in [2.05, 4.69) is 10.5 Å². The molecule has 6 nitrogen and oxygen atoms in total. The van der Waals surface area contributed by atoms with Crippen molar-refractivity contribution in [2.24, 2.45) is 5.92 Å². The van der Waals surface area contributed by atoms with E-state index in [1.165, 1.54) is 0 Å². The molecule has 20 heavy (non-hydrogen) atoms. The second-order valence-electron chi connectivity index (χ2n) is 5.99. The van der Waals surface area contributed by atoms with Crippen molar-refractivity contribution in [1.29, 1.82) is 0 Å². The normalized spacial score (nSPS) is 17.8. The molecule has 0 spiro atoms. The van der Waals surface area contributed by atoms with Gasteiger partial charge in [0.2, 0.25) is 5.76 Å². The molecule has 0 aromatic carbocycles. The molecule has 1 fully saturated rings. The van der Waals surface area contributed by atoms with Crippen molar-refractivity contribution in [3.8, 4) is 0 Å². The quantitative estimate of drug-likeness (QED) is 0.833. The second kappa shape index (κ2) is 5.26. The van der Waals surface area contributed by atoms with E-state index in [0.29, 0.717) is 5.92 Å². The predicted molar refractivity (Wildman–Crippen MR) is 71.4 cm³/mol. The van der Waals surface area contributed by atoms with Crippen LogP contribution in [0.4, 0.5) is 0 Å². The molecule has 1 aliphatic carbocycles. The highest BCUT2D eigenvalue weighted by molar-refractivity contribution is 5.92. The number of hydrogen-bond donors (Lipinski definition) is 2. The zero-order valence-electron chi connectivity index (χ0n) is 12.0. The molecule has 1 aromatic rings. The maximum atomic E-state index is 12.2. The Labute approximate surface area is 117 Å². The molecule has 110 valence electrons. The van der Waals surface area contributed by atoms with E-state index >= 15 is 0 Å². The van der Waals surface area contributed by atoms with Gasteiger partial charge in [-0.2, -0.15) is 0 Å². The summed E-state index contributed by atoms with van der Waals surface area (Å²) in [4.78, 5) is 23.1. The number of rotatable bonds is 6. The summed E-state index contributed by atoms with van der Waals surface area (Å²) in [7, 11) is 0. The number of aromatic nitrogens is 1. The second-order valence-corrected chi connectivity index (χ2v) is 5.99. The minimum Gasteiger partial charge on any atom is -0.481 e. The highest BCUT2D eigenvalue weighted by Crippen LogP contribution is 2.39. The van der Waals surface area contributed by atoms with Crippen molar-refractivity contribution in [2.45, 2.75) is 51.5 Å². The fourth-order valence-electron chi connectivity index (χ4n) is 2.00. The Morgan fingerprint density at radius 2 is 2.20 bits per heavy atom. The van der Waals surface area contributed by atoms with Crippen LogP contribution in [0.2, 0.25) is 0 Å². The Kier molecular flexibility index (Phi) is 3.83. The Morgan fingerprint density at radius 3 is 2.70 bits per heavy atom. The molecular formula is C14H20N2O4. The van der Waals surface area contributed by atoms with Gasteiger partial charge in [0.1, 0.15) is 0 Å². The molecule has 1 aliphatic rings. The van der Waals surface area contributed by atoms with Gasteiger partial charge in [0.15, 0.2) is 0 Å². The van der Waals surface area contributed by atoms with Crippen molar-refractivity contribution in [3.63, 3.8) is 0 Å². The summed E-state index contributed by atoms with van der Waals surface area (Å²) in [5.41, 5.74) is -0.0187. The summed E-state index contributed by atoms with van der Waals surface area (Å²) in [6, 6.07) is 1.65. The van der Waals surface area contributed by atoms with Gasteiger partial charge in [-0.15, -0.1) is 0 Å². The molecule has 0 saturated heterocycles. The number of aliphatic carboxylic acids is 1. The number of nitrogens with zero attached hydrogens (tertiary/aromatic N) is 1. The minimum absolute atomic E-state index is 0.0200. The van der Waals surface area contributed by atoms with Gasteiger partial charge in [-0.3, -0.25) is 9.59 Å². The Bertz CT molecular complexity index is 519. The SMILES string of the molecule is CC(C)C(C)(CC(=O)O)NC(=O)c1cc(C2CC2)no1. The fraction of sp³-hybridized carbons (Fsp3) is 0.643. The Morgan fingerprint density at radius 1 is 1.55 bits per heavy atom. The standard InChI is InChI=1S/C14H20N2O4/c1-8(2)14(3,7-12(17)18)15-13(19)11-6-10(16-20-11)9-4-5-9/h6,8-9H,4-5,7H2,1-3H3,(H,15,19)(H,17,18). The lowest BCUT2D eigenvalue weighted by atomic mass is 9.85.